The Hall–Kier alpha value is 1.78. The second-order valence-electron chi connectivity index (χ2n) is 6.67. The quantitative estimate of drug-likeness (QED) is 0.114. The van der Waals surface area contributed by atoms with Crippen molar-refractivity contribution in [1.29, 1.82) is 0 Å². The summed E-state index contributed by atoms with van der Waals surface area (Å²) >= 11 is 15.1. The van der Waals surface area contributed by atoms with Crippen LogP contribution >= 0.6 is 94.1 Å². The summed E-state index contributed by atoms with van der Waals surface area (Å²) < 4.78 is 40.7. The second kappa shape index (κ2) is 22.5. The van der Waals surface area contributed by atoms with Gasteiger partial charge >= 0.3 is 0 Å². The van der Waals surface area contributed by atoms with Crippen molar-refractivity contribution in [2.75, 3.05) is 104 Å². The highest BCUT2D eigenvalue weighted by atomic mass is 32.3. The molecule has 0 saturated heterocycles. The maximum Gasteiger partial charge on any atom is 0.0717 e. The summed E-state index contributed by atoms with van der Waals surface area (Å²) in [7, 11) is 3.35. The predicted octanol–water partition coefficient (Wildman–Crippen LogP) is 6.88. The van der Waals surface area contributed by atoms with E-state index in [2.05, 4.69) is 12.5 Å². The van der Waals surface area contributed by atoms with Gasteiger partial charge in [0.15, 0.2) is 0 Å². The molecule has 208 valence electrons. The highest BCUT2D eigenvalue weighted by molar-refractivity contribution is 8.45. The Kier molecular flexibility index (Phi) is 21.2. The summed E-state index contributed by atoms with van der Waals surface area (Å²) in [6.07, 6.45) is 4.32. The third-order valence-electron chi connectivity index (χ3n) is 4.14. The molecular formula is C22H36O6S8. The number of hydrogen-bond acceptors (Lipinski definition) is 14. The summed E-state index contributed by atoms with van der Waals surface area (Å²) in [5.74, 6) is 1.85. The molecule has 2 aliphatic rings. The first-order valence-corrected chi connectivity index (χ1v) is 19.0. The zero-order valence-electron chi connectivity index (χ0n) is 21.2. The molecule has 0 unspecified atom stereocenters. The van der Waals surface area contributed by atoms with Crippen LogP contribution in [0.5, 0.6) is 0 Å². The molecule has 36 heavy (non-hydrogen) atoms. The monoisotopic (exact) mass is 652 g/mol. The van der Waals surface area contributed by atoms with Gasteiger partial charge in [-0.15, -0.1) is 47.0 Å². The molecule has 0 aliphatic carbocycles. The van der Waals surface area contributed by atoms with Crippen LogP contribution in [0.3, 0.4) is 0 Å². The van der Waals surface area contributed by atoms with Gasteiger partial charge in [0.25, 0.3) is 0 Å². The minimum Gasteiger partial charge on any atom is -0.382 e. The largest absolute Gasteiger partial charge is 0.382 e. The average Bonchev–Trinajstić information content (AvgIpc) is 3.50. The molecule has 0 atom stereocenters. The smallest absolute Gasteiger partial charge is 0.0717 e. The minimum atomic E-state index is 0.604. The van der Waals surface area contributed by atoms with E-state index < -0.39 is 0 Å². The van der Waals surface area contributed by atoms with Crippen LogP contribution in [0.25, 0.3) is 0 Å². The Labute approximate surface area is 250 Å². The molecule has 0 amide bonds. The van der Waals surface area contributed by atoms with Crippen molar-refractivity contribution in [3.8, 4) is 0 Å². The van der Waals surface area contributed by atoms with Crippen LogP contribution in [-0.4, -0.2) is 104 Å². The molecule has 14 heteroatoms. The van der Waals surface area contributed by atoms with Crippen LogP contribution in [0.4, 0.5) is 0 Å². The van der Waals surface area contributed by atoms with E-state index in [4.69, 9.17) is 28.4 Å². The first-order valence-electron chi connectivity index (χ1n) is 11.3. The van der Waals surface area contributed by atoms with Crippen LogP contribution < -0.4 is 0 Å². The van der Waals surface area contributed by atoms with E-state index >= 15 is 0 Å². The van der Waals surface area contributed by atoms with Gasteiger partial charge in [0.1, 0.15) is 0 Å². The third-order valence-corrected chi connectivity index (χ3v) is 15.3. The van der Waals surface area contributed by atoms with Gasteiger partial charge in [0, 0.05) is 25.7 Å². The highest BCUT2D eigenvalue weighted by Crippen LogP contribution is 2.65. The van der Waals surface area contributed by atoms with E-state index in [0.717, 1.165) is 11.5 Å². The van der Waals surface area contributed by atoms with Crippen LogP contribution in [0.15, 0.2) is 25.4 Å². The lowest BCUT2D eigenvalue weighted by atomic mass is 10.7. The lowest BCUT2D eigenvalue weighted by molar-refractivity contribution is 0.0286. The van der Waals surface area contributed by atoms with Gasteiger partial charge in [0.2, 0.25) is 0 Å². The van der Waals surface area contributed by atoms with Gasteiger partial charge in [-0.1, -0.05) is 47.0 Å². The molecule has 2 heterocycles. The zero-order valence-corrected chi connectivity index (χ0v) is 27.7. The van der Waals surface area contributed by atoms with E-state index in [0.29, 0.717) is 66.1 Å². The van der Waals surface area contributed by atoms with Gasteiger partial charge in [-0.2, -0.15) is 0 Å². The van der Waals surface area contributed by atoms with E-state index in [1.165, 1.54) is 25.4 Å². The molecule has 0 aromatic heterocycles. The number of methoxy groups -OCH3 is 2. The summed E-state index contributed by atoms with van der Waals surface area (Å²) in [4.78, 5) is 0. The fourth-order valence-electron chi connectivity index (χ4n) is 2.45. The van der Waals surface area contributed by atoms with Gasteiger partial charge in [-0.05, 0) is 12.5 Å². The molecule has 0 radical (unpaired) electrons. The average molecular weight is 653 g/mol. The van der Waals surface area contributed by atoms with Gasteiger partial charge < -0.3 is 28.4 Å². The first kappa shape index (κ1) is 34.0. The predicted molar refractivity (Wildman–Crippen MR) is 170 cm³/mol. The highest BCUT2D eigenvalue weighted by Gasteiger charge is 2.30. The van der Waals surface area contributed by atoms with Crippen molar-refractivity contribution in [3.05, 3.63) is 25.4 Å². The maximum atomic E-state index is 5.75. The fourth-order valence-corrected chi connectivity index (χ4v) is 13.4. The molecular weight excluding hydrogens is 617 g/mol. The number of thioether (sulfide) groups is 8. The van der Waals surface area contributed by atoms with Crippen molar-refractivity contribution >= 4 is 94.1 Å². The Morgan fingerprint density at radius 2 is 0.806 bits per heavy atom. The summed E-state index contributed by atoms with van der Waals surface area (Å²) in [6.45, 7) is 6.31. The first-order chi connectivity index (χ1) is 17.7. The van der Waals surface area contributed by atoms with Crippen molar-refractivity contribution in [2.24, 2.45) is 0 Å². The van der Waals surface area contributed by atoms with Crippen molar-refractivity contribution in [1.82, 2.24) is 0 Å². The molecule has 2 aliphatic heterocycles. The molecule has 0 aromatic rings. The standard InChI is InChI=1S/C22H36O6S8/c1-23-5-7-25-9-11-27-13-15-31-19-20(32-16-14-28-12-10-26-8-6-24-2)36-22(35-19)21-33-17(29-3)18(30-4)34-21/h5-16H2,1-4H3. The van der Waals surface area contributed by atoms with E-state index in [-0.39, 0.29) is 0 Å². The van der Waals surface area contributed by atoms with Crippen molar-refractivity contribution < 1.29 is 28.4 Å². The molecule has 0 saturated carbocycles. The Morgan fingerprint density at radius 3 is 1.17 bits per heavy atom. The number of rotatable bonds is 22. The van der Waals surface area contributed by atoms with Gasteiger partial charge in [0.05, 0.1) is 91.5 Å². The summed E-state index contributed by atoms with van der Waals surface area (Å²) in [5, 5.41) is 0. The van der Waals surface area contributed by atoms with Gasteiger partial charge in [-0.25, -0.2) is 0 Å². The fraction of sp³-hybridized carbons (Fsp3) is 0.727. The zero-order chi connectivity index (χ0) is 25.8. The van der Waals surface area contributed by atoms with Crippen LogP contribution in [0.1, 0.15) is 0 Å². The minimum absolute atomic E-state index is 0.604. The van der Waals surface area contributed by atoms with E-state index in [1.807, 2.05) is 94.1 Å². The van der Waals surface area contributed by atoms with Crippen LogP contribution in [0, 0.1) is 0 Å². The van der Waals surface area contributed by atoms with Crippen LogP contribution in [-0.2, 0) is 28.4 Å². The lowest BCUT2D eigenvalue weighted by Gasteiger charge is -2.07. The van der Waals surface area contributed by atoms with Gasteiger partial charge in [-0.3, -0.25) is 0 Å². The molecule has 0 bridgehead atoms. The number of ether oxygens (including phenoxy) is 6. The lowest BCUT2D eigenvalue weighted by Crippen LogP contribution is -2.09. The normalized spacial score (nSPS) is 16.3. The third kappa shape index (κ3) is 13.9. The Bertz CT molecular complexity index is 665. The van der Waals surface area contributed by atoms with Crippen molar-refractivity contribution in [3.63, 3.8) is 0 Å². The molecule has 2 rings (SSSR count). The van der Waals surface area contributed by atoms with E-state index in [9.17, 15) is 0 Å². The van der Waals surface area contributed by atoms with Crippen molar-refractivity contribution in [2.45, 2.75) is 0 Å². The molecule has 0 N–H and O–H groups in total. The molecule has 0 spiro atoms. The Morgan fingerprint density at radius 1 is 0.472 bits per heavy atom. The molecule has 6 nitrogen and oxygen atoms in total. The Balaban J connectivity index is 1.78. The number of hydrogen-bond donors (Lipinski definition) is 0. The van der Waals surface area contributed by atoms with E-state index in [1.54, 1.807) is 14.2 Å². The maximum absolute atomic E-state index is 5.75. The summed E-state index contributed by atoms with van der Waals surface area (Å²) in [6, 6.07) is 0. The molecule has 0 fully saturated rings. The summed E-state index contributed by atoms with van der Waals surface area (Å²) in [5.41, 5.74) is 0. The SMILES string of the molecule is COCCOCCOCCSC1=C(SCCOCCOCCOC)SC(=C2SC(SC)=C(SC)S2)S1. The topological polar surface area (TPSA) is 55.4 Å². The molecule has 0 aromatic carbocycles. The second-order valence-corrected chi connectivity index (χ2v) is 16.1. The van der Waals surface area contributed by atoms with Crippen LogP contribution in [0.2, 0.25) is 0 Å².